The van der Waals surface area contributed by atoms with Gasteiger partial charge in [-0.05, 0) is 19.3 Å². The van der Waals surface area contributed by atoms with Crippen molar-refractivity contribution in [3.05, 3.63) is 0 Å². The smallest absolute Gasteiger partial charge is 0.366 e. The molecule has 0 N–H and O–H groups in total. The highest BCUT2D eigenvalue weighted by Gasteiger charge is 2.21. The summed E-state index contributed by atoms with van der Waals surface area (Å²) in [5.74, 6) is -0.364. The Balaban J connectivity index is 3.65. The van der Waals surface area contributed by atoms with Crippen LogP contribution < -0.4 is 0 Å². The molecule has 0 saturated carbocycles. The van der Waals surface area contributed by atoms with Gasteiger partial charge < -0.3 is 4.74 Å². The molecule has 30 heavy (non-hydrogen) atoms. The summed E-state index contributed by atoms with van der Waals surface area (Å²) in [6.07, 6.45) is 22.9. The summed E-state index contributed by atoms with van der Waals surface area (Å²) in [6, 6.07) is 0. The minimum atomic E-state index is -0.476. The van der Waals surface area contributed by atoms with E-state index < -0.39 is 6.10 Å². The van der Waals surface area contributed by atoms with E-state index in [2.05, 4.69) is 20.8 Å². The molecular formula is C26H52O4. The van der Waals surface area contributed by atoms with Gasteiger partial charge >= 0.3 is 5.97 Å². The Morgan fingerprint density at radius 1 is 0.567 bits per heavy atom. The van der Waals surface area contributed by atoms with Crippen LogP contribution >= 0.6 is 0 Å². The van der Waals surface area contributed by atoms with Gasteiger partial charge in [0.05, 0.1) is 6.61 Å². The summed E-state index contributed by atoms with van der Waals surface area (Å²) in [6.45, 7) is 7.56. The van der Waals surface area contributed by atoms with Crippen LogP contribution in [0.25, 0.3) is 0 Å². The molecule has 0 aliphatic carbocycles. The standard InChI is InChI=1S/C26H52O4/c1-4-7-10-11-12-13-14-15-16-17-18-19-20-21-22-25(28-23-8-5-2)26(27)30-29-24-9-6-3/h25H,4-24H2,1-3H3. The molecule has 0 rings (SSSR count). The van der Waals surface area contributed by atoms with Gasteiger partial charge in [0.15, 0.2) is 6.10 Å². The van der Waals surface area contributed by atoms with Gasteiger partial charge in [-0.1, -0.05) is 124 Å². The third kappa shape index (κ3) is 20.7. The molecule has 1 unspecified atom stereocenters. The average Bonchev–Trinajstić information content (AvgIpc) is 2.75. The number of ether oxygens (including phenoxy) is 1. The molecule has 4 heteroatoms. The fraction of sp³-hybridized carbons (Fsp3) is 0.962. The monoisotopic (exact) mass is 428 g/mol. The lowest BCUT2D eigenvalue weighted by Crippen LogP contribution is -2.27. The molecule has 0 aromatic rings. The lowest BCUT2D eigenvalue weighted by Gasteiger charge is -2.15. The maximum atomic E-state index is 12.2. The number of carbonyl (C=O) groups excluding carboxylic acids is 1. The van der Waals surface area contributed by atoms with E-state index in [1.165, 1.54) is 77.0 Å². The summed E-state index contributed by atoms with van der Waals surface area (Å²) in [5.41, 5.74) is 0. The quantitative estimate of drug-likeness (QED) is 0.0880. The third-order valence-electron chi connectivity index (χ3n) is 5.62. The molecule has 1 atom stereocenters. The Hall–Kier alpha value is -0.610. The number of hydrogen-bond donors (Lipinski definition) is 0. The van der Waals surface area contributed by atoms with Crippen molar-refractivity contribution in [2.75, 3.05) is 13.2 Å². The second-order valence-corrected chi connectivity index (χ2v) is 8.68. The zero-order valence-corrected chi connectivity index (χ0v) is 20.6. The summed E-state index contributed by atoms with van der Waals surface area (Å²) in [4.78, 5) is 22.2. The SMILES string of the molecule is CCCCCCCCCCCCCCCCC(OCCCC)C(=O)OOCCCC. The van der Waals surface area contributed by atoms with E-state index >= 15 is 0 Å². The molecule has 0 aromatic heterocycles. The van der Waals surface area contributed by atoms with Crippen molar-refractivity contribution >= 4 is 5.97 Å². The van der Waals surface area contributed by atoms with E-state index in [-0.39, 0.29) is 5.97 Å². The van der Waals surface area contributed by atoms with Crippen LogP contribution in [0.1, 0.15) is 143 Å². The van der Waals surface area contributed by atoms with Gasteiger partial charge in [-0.25, -0.2) is 4.79 Å². The van der Waals surface area contributed by atoms with Crippen LogP contribution in [0.3, 0.4) is 0 Å². The predicted octanol–water partition coefficient (Wildman–Crippen LogP) is 8.32. The topological polar surface area (TPSA) is 44.8 Å². The maximum Gasteiger partial charge on any atom is 0.370 e. The van der Waals surface area contributed by atoms with Crippen molar-refractivity contribution < 1.29 is 19.3 Å². The lowest BCUT2D eigenvalue weighted by atomic mass is 10.0. The zero-order chi connectivity index (χ0) is 22.1. The molecule has 0 bridgehead atoms. The molecule has 0 saturated heterocycles. The minimum Gasteiger partial charge on any atom is -0.366 e. The van der Waals surface area contributed by atoms with Gasteiger partial charge in [-0.15, -0.1) is 0 Å². The molecule has 0 aromatic carbocycles. The zero-order valence-electron chi connectivity index (χ0n) is 20.6. The van der Waals surface area contributed by atoms with Crippen molar-refractivity contribution in [3.8, 4) is 0 Å². The first-order chi connectivity index (χ1) is 14.8. The summed E-state index contributed by atoms with van der Waals surface area (Å²) in [5, 5.41) is 0. The van der Waals surface area contributed by atoms with Crippen molar-refractivity contribution in [1.82, 2.24) is 0 Å². The van der Waals surface area contributed by atoms with E-state index in [1.807, 2.05) is 0 Å². The summed E-state index contributed by atoms with van der Waals surface area (Å²) in [7, 11) is 0. The Labute approximate surface area is 187 Å². The molecule has 180 valence electrons. The molecule has 4 nitrogen and oxygen atoms in total. The van der Waals surface area contributed by atoms with Crippen LogP contribution in [0, 0.1) is 0 Å². The van der Waals surface area contributed by atoms with Crippen LogP contribution in [-0.4, -0.2) is 25.3 Å². The number of carbonyl (C=O) groups is 1. The Kier molecular flexibility index (Phi) is 24.2. The normalized spacial score (nSPS) is 12.2. The Morgan fingerprint density at radius 2 is 1.00 bits per heavy atom. The highest BCUT2D eigenvalue weighted by molar-refractivity contribution is 5.74. The van der Waals surface area contributed by atoms with Crippen molar-refractivity contribution in [1.29, 1.82) is 0 Å². The first-order valence-electron chi connectivity index (χ1n) is 13.2. The minimum absolute atomic E-state index is 0.364. The number of hydrogen-bond acceptors (Lipinski definition) is 4. The third-order valence-corrected chi connectivity index (χ3v) is 5.62. The molecule has 0 radical (unpaired) electrons. The van der Waals surface area contributed by atoms with Gasteiger partial charge in [-0.3, -0.25) is 4.89 Å². The second-order valence-electron chi connectivity index (χ2n) is 8.68. The maximum absolute atomic E-state index is 12.2. The van der Waals surface area contributed by atoms with Gasteiger partial charge in [0.1, 0.15) is 0 Å². The summed E-state index contributed by atoms with van der Waals surface area (Å²) >= 11 is 0. The molecule has 0 spiro atoms. The van der Waals surface area contributed by atoms with Gasteiger partial charge in [0, 0.05) is 6.61 Å². The van der Waals surface area contributed by atoms with E-state index in [9.17, 15) is 4.79 Å². The van der Waals surface area contributed by atoms with Crippen LogP contribution in [-0.2, 0) is 19.3 Å². The molecule has 0 aliphatic heterocycles. The lowest BCUT2D eigenvalue weighted by molar-refractivity contribution is -0.280. The average molecular weight is 429 g/mol. The number of unbranched alkanes of at least 4 members (excludes halogenated alkanes) is 15. The molecule has 0 amide bonds. The Morgan fingerprint density at radius 3 is 1.50 bits per heavy atom. The van der Waals surface area contributed by atoms with E-state index in [4.69, 9.17) is 14.5 Å². The van der Waals surface area contributed by atoms with Gasteiger partial charge in [-0.2, -0.15) is 4.89 Å². The molecular weight excluding hydrogens is 376 g/mol. The van der Waals surface area contributed by atoms with Crippen LogP contribution in [0.4, 0.5) is 0 Å². The van der Waals surface area contributed by atoms with E-state index in [1.54, 1.807) is 0 Å². The highest BCUT2D eigenvalue weighted by atomic mass is 17.2. The van der Waals surface area contributed by atoms with Crippen LogP contribution in [0.5, 0.6) is 0 Å². The van der Waals surface area contributed by atoms with Gasteiger partial charge in [0.25, 0.3) is 0 Å². The Bertz CT molecular complexity index is 346. The van der Waals surface area contributed by atoms with E-state index in [0.717, 1.165) is 44.9 Å². The van der Waals surface area contributed by atoms with Crippen molar-refractivity contribution in [3.63, 3.8) is 0 Å². The highest BCUT2D eigenvalue weighted by Crippen LogP contribution is 2.15. The van der Waals surface area contributed by atoms with Crippen LogP contribution in [0.2, 0.25) is 0 Å². The van der Waals surface area contributed by atoms with Gasteiger partial charge in [0.2, 0.25) is 0 Å². The number of rotatable bonds is 24. The van der Waals surface area contributed by atoms with Crippen molar-refractivity contribution in [2.24, 2.45) is 0 Å². The van der Waals surface area contributed by atoms with Crippen molar-refractivity contribution in [2.45, 2.75) is 149 Å². The predicted molar refractivity (Wildman–Crippen MR) is 127 cm³/mol. The molecule has 0 aliphatic rings. The second kappa shape index (κ2) is 24.7. The fourth-order valence-electron chi connectivity index (χ4n) is 3.52. The fourth-order valence-corrected chi connectivity index (χ4v) is 3.52. The molecule has 0 heterocycles. The first-order valence-corrected chi connectivity index (χ1v) is 13.2. The largest absolute Gasteiger partial charge is 0.370 e. The molecule has 0 fully saturated rings. The summed E-state index contributed by atoms with van der Waals surface area (Å²) < 4.78 is 5.76. The van der Waals surface area contributed by atoms with Crippen LogP contribution in [0.15, 0.2) is 0 Å². The van der Waals surface area contributed by atoms with E-state index in [0.29, 0.717) is 13.2 Å². The first kappa shape index (κ1) is 29.4.